The minimum atomic E-state index is -0.0546. The molecule has 31 heavy (non-hydrogen) atoms. The van der Waals surface area contributed by atoms with Crippen molar-refractivity contribution < 1.29 is 4.79 Å². The van der Waals surface area contributed by atoms with Gasteiger partial charge >= 0.3 is 0 Å². The Balaban J connectivity index is 1.37. The highest BCUT2D eigenvalue weighted by Crippen LogP contribution is 2.27. The number of hydrogen-bond acceptors (Lipinski definition) is 6. The lowest BCUT2D eigenvalue weighted by Crippen LogP contribution is -2.15. The molecular formula is C23H23N5OS2. The number of para-hydroxylation sites is 1. The van der Waals surface area contributed by atoms with Crippen LogP contribution in [0.4, 0.5) is 5.69 Å². The zero-order valence-electron chi connectivity index (χ0n) is 17.4. The van der Waals surface area contributed by atoms with Gasteiger partial charge in [0.05, 0.1) is 12.1 Å². The molecule has 2 heterocycles. The maximum absolute atomic E-state index is 12.4. The molecule has 0 saturated heterocycles. The molecule has 2 aromatic heterocycles. The van der Waals surface area contributed by atoms with Crippen molar-refractivity contribution in [1.82, 2.24) is 19.7 Å². The second-order valence-electron chi connectivity index (χ2n) is 6.98. The van der Waals surface area contributed by atoms with Crippen LogP contribution in [0.1, 0.15) is 23.2 Å². The van der Waals surface area contributed by atoms with E-state index in [1.807, 2.05) is 66.9 Å². The van der Waals surface area contributed by atoms with Crippen molar-refractivity contribution in [3.8, 4) is 11.4 Å². The van der Waals surface area contributed by atoms with Crippen molar-refractivity contribution in [2.45, 2.75) is 37.7 Å². The number of rotatable bonds is 8. The molecule has 0 aliphatic carbocycles. The third-order valence-corrected chi connectivity index (χ3v) is 6.64. The number of nitrogens with one attached hydrogen (secondary N) is 1. The molecule has 1 amide bonds. The van der Waals surface area contributed by atoms with E-state index in [0.717, 1.165) is 45.0 Å². The summed E-state index contributed by atoms with van der Waals surface area (Å²) < 4.78 is 2.11. The van der Waals surface area contributed by atoms with E-state index in [0.29, 0.717) is 5.75 Å². The van der Waals surface area contributed by atoms with Crippen LogP contribution in [-0.4, -0.2) is 25.7 Å². The average Bonchev–Trinajstić information content (AvgIpc) is 3.40. The molecule has 0 fully saturated rings. The van der Waals surface area contributed by atoms with Gasteiger partial charge in [0.15, 0.2) is 11.0 Å². The van der Waals surface area contributed by atoms with E-state index in [1.165, 1.54) is 11.3 Å². The van der Waals surface area contributed by atoms with Gasteiger partial charge in [-0.25, -0.2) is 4.98 Å². The normalized spacial score (nSPS) is 10.9. The lowest BCUT2D eigenvalue weighted by molar-refractivity contribution is -0.115. The van der Waals surface area contributed by atoms with Gasteiger partial charge in [-0.15, -0.1) is 21.5 Å². The van der Waals surface area contributed by atoms with Gasteiger partial charge in [0.2, 0.25) is 5.91 Å². The summed E-state index contributed by atoms with van der Waals surface area (Å²) in [6.45, 7) is 4.86. The SMILES string of the molecule is CCn1c(SCc2csc(CC(=O)Nc3ccccc3C)n2)nnc1-c1ccccc1. The highest BCUT2D eigenvalue weighted by atomic mass is 32.2. The van der Waals surface area contributed by atoms with Crippen LogP contribution in [0.5, 0.6) is 0 Å². The fourth-order valence-corrected chi connectivity index (χ4v) is 4.95. The number of carbonyl (C=O) groups is 1. The summed E-state index contributed by atoms with van der Waals surface area (Å²) in [6, 6.07) is 17.8. The quantitative estimate of drug-likeness (QED) is 0.374. The predicted molar refractivity (Wildman–Crippen MR) is 126 cm³/mol. The van der Waals surface area contributed by atoms with Gasteiger partial charge in [-0.2, -0.15) is 0 Å². The first-order valence-corrected chi connectivity index (χ1v) is 11.9. The lowest BCUT2D eigenvalue weighted by atomic mass is 10.2. The van der Waals surface area contributed by atoms with E-state index >= 15 is 0 Å². The molecule has 4 rings (SSSR count). The maximum Gasteiger partial charge on any atom is 0.231 e. The smallest absolute Gasteiger partial charge is 0.231 e. The minimum Gasteiger partial charge on any atom is -0.325 e. The molecule has 4 aromatic rings. The number of thioether (sulfide) groups is 1. The zero-order valence-corrected chi connectivity index (χ0v) is 19.0. The van der Waals surface area contributed by atoms with E-state index in [-0.39, 0.29) is 12.3 Å². The van der Waals surface area contributed by atoms with E-state index in [9.17, 15) is 4.79 Å². The summed E-state index contributed by atoms with van der Waals surface area (Å²) in [6.07, 6.45) is 0.271. The summed E-state index contributed by atoms with van der Waals surface area (Å²) in [5.41, 5.74) is 3.88. The molecule has 0 saturated carbocycles. The lowest BCUT2D eigenvalue weighted by Gasteiger charge is -2.07. The Bertz CT molecular complexity index is 1170. The first-order chi connectivity index (χ1) is 15.1. The van der Waals surface area contributed by atoms with E-state index in [4.69, 9.17) is 0 Å². The molecule has 0 atom stereocenters. The van der Waals surface area contributed by atoms with E-state index in [2.05, 4.69) is 32.0 Å². The van der Waals surface area contributed by atoms with Crippen molar-refractivity contribution in [3.05, 3.63) is 76.2 Å². The second-order valence-corrected chi connectivity index (χ2v) is 8.86. The van der Waals surface area contributed by atoms with Crippen LogP contribution in [0.3, 0.4) is 0 Å². The van der Waals surface area contributed by atoms with Crippen LogP contribution in [0, 0.1) is 6.92 Å². The van der Waals surface area contributed by atoms with Gasteiger partial charge in [0.25, 0.3) is 0 Å². The molecule has 2 aromatic carbocycles. The number of carbonyl (C=O) groups excluding carboxylic acids is 1. The molecule has 0 aliphatic heterocycles. The van der Waals surface area contributed by atoms with Gasteiger partial charge < -0.3 is 9.88 Å². The van der Waals surface area contributed by atoms with Crippen LogP contribution >= 0.6 is 23.1 Å². The van der Waals surface area contributed by atoms with Crippen LogP contribution in [-0.2, 0) is 23.5 Å². The number of anilines is 1. The summed E-state index contributed by atoms with van der Waals surface area (Å²) >= 11 is 3.12. The number of hydrogen-bond donors (Lipinski definition) is 1. The van der Waals surface area contributed by atoms with Crippen LogP contribution in [0.25, 0.3) is 11.4 Å². The first kappa shape index (κ1) is 21.3. The topological polar surface area (TPSA) is 72.7 Å². The summed E-state index contributed by atoms with van der Waals surface area (Å²) in [5, 5.41) is 15.4. The Labute approximate surface area is 189 Å². The number of amides is 1. The molecule has 0 bridgehead atoms. The first-order valence-electron chi connectivity index (χ1n) is 10.0. The molecule has 1 N–H and O–H groups in total. The van der Waals surface area contributed by atoms with Gasteiger partial charge in [-0.1, -0.05) is 60.3 Å². The van der Waals surface area contributed by atoms with E-state index < -0.39 is 0 Å². The third-order valence-electron chi connectivity index (χ3n) is 4.74. The second kappa shape index (κ2) is 9.89. The van der Waals surface area contributed by atoms with Crippen molar-refractivity contribution in [1.29, 1.82) is 0 Å². The molecule has 0 radical (unpaired) electrons. The van der Waals surface area contributed by atoms with E-state index in [1.54, 1.807) is 11.8 Å². The Morgan fingerprint density at radius 2 is 1.87 bits per heavy atom. The standard InChI is InChI=1S/C23H23N5OS2/c1-3-28-22(17-10-5-4-6-11-17)26-27-23(28)31-15-18-14-30-21(24-18)13-20(29)25-19-12-8-7-9-16(19)2/h4-12,14H,3,13,15H2,1-2H3,(H,25,29). The van der Waals surface area contributed by atoms with Gasteiger partial charge in [-0.3, -0.25) is 4.79 Å². The number of thiazole rings is 1. The fraction of sp³-hybridized carbons (Fsp3) is 0.217. The Hall–Kier alpha value is -2.97. The molecule has 0 aliphatic rings. The van der Waals surface area contributed by atoms with Crippen molar-refractivity contribution in [3.63, 3.8) is 0 Å². The summed E-state index contributed by atoms with van der Waals surface area (Å²) in [4.78, 5) is 17.0. The van der Waals surface area contributed by atoms with Crippen LogP contribution < -0.4 is 5.32 Å². The molecule has 0 unspecified atom stereocenters. The van der Waals surface area contributed by atoms with Crippen LogP contribution in [0.15, 0.2) is 65.1 Å². The minimum absolute atomic E-state index is 0.0546. The summed E-state index contributed by atoms with van der Waals surface area (Å²) in [5.74, 6) is 1.50. The van der Waals surface area contributed by atoms with Crippen molar-refractivity contribution >= 4 is 34.7 Å². The molecule has 8 heteroatoms. The molecule has 0 spiro atoms. The third kappa shape index (κ3) is 5.21. The highest BCUT2D eigenvalue weighted by molar-refractivity contribution is 7.98. The van der Waals surface area contributed by atoms with Gasteiger partial charge in [0.1, 0.15) is 5.01 Å². The van der Waals surface area contributed by atoms with Crippen LogP contribution in [0.2, 0.25) is 0 Å². The molecular weight excluding hydrogens is 426 g/mol. The fourth-order valence-electron chi connectivity index (χ4n) is 3.16. The van der Waals surface area contributed by atoms with Crippen molar-refractivity contribution in [2.24, 2.45) is 0 Å². The number of aromatic nitrogens is 4. The molecule has 158 valence electrons. The van der Waals surface area contributed by atoms with Gasteiger partial charge in [0, 0.05) is 28.9 Å². The summed E-state index contributed by atoms with van der Waals surface area (Å²) in [7, 11) is 0. The number of aryl methyl sites for hydroxylation is 1. The highest BCUT2D eigenvalue weighted by Gasteiger charge is 2.14. The zero-order chi connectivity index (χ0) is 21.6. The Kier molecular flexibility index (Phi) is 6.79. The maximum atomic E-state index is 12.4. The largest absolute Gasteiger partial charge is 0.325 e. The van der Waals surface area contributed by atoms with Gasteiger partial charge in [-0.05, 0) is 25.5 Å². The van der Waals surface area contributed by atoms with Crippen molar-refractivity contribution in [2.75, 3.05) is 5.32 Å². The average molecular weight is 450 g/mol. The number of benzene rings is 2. The Morgan fingerprint density at radius 1 is 1.10 bits per heavy atom. The Morgan fingerprint density at radius 3 is 2.65 bits per heavy atom. The number of nitrogens with zero attached hydrogens (tertiary/aromatic N) is 4. The molecule has 6 nitrogen and oxygen atoms in total. The predicted octanol–water partition coefficient (Wildman–Crippen LogP) is 5.20. The monoisotopic (exact) mass is 449 g/mol.